The molecule has 9 heteroatoms. The van der Waals surface area contributed by atoms with Gasteiger partial charge in [0.1, 0.15) is 11.9 Å². The Bertz CT molecular complexity index is 870. The van der Waals surface area contributed by atoms with Gasteiger partial charge in [0.15, 0.2) is 6.10 Å². The maximum atomic E-state index is 12.3. The van der Waals surface area contributed by atoms with Crippen molar-refractivity contribution in [1.29, 1.82) is 0 Å². The van der Waals surface area contributed by atoms with Crippen molar-refractivity contribution in [2.45, 2.75) is 51.2 Å². The van der Waals surface area contributed by atoms with Gasteiger partial charge in [0.25, 0.3) is 5.56 Å². The van der Waals surface area contributed by atoms with E-state index in [2.05, 4.69) is 17.2 Å². The second-order valence-corrected chi connectivity index (χ2v) is 7.07. The molecule has 2 heterocycles. The molecule has 1 aliphatic heterocycles. The van der Waals surface area contributed by atoms with Crippen molar-refractivity contribution >= 4 is 17.9 Å². The van der Waals surface area contributed by atoms with Crippen LogP contribution in [0.2, 0.25) is 0 Å². The quantitative estimate of drug-likeness (QED) is 0.391. The summed E-state index contributed by atoms with van der Waals surface area (Å²) in [7, 11) is 3.08. The van der Waals surface area contributed by atoms with E-state index in [4.69, 9.17) is 14.2 Å². The summed E-state index contributed by atoms with van der Waals surface area (Å²) in [6, 6.07) is 0. The predicted molar refractivity (Wildman–Crippen MR) is 114 cm³/mol. The van der Waals surface area contributed by atoms with Gasteiger partial charge in [-0.05, 0) is 12.5 Å². The third kappa shape index (κ3) is 6.70. The first-order chi connectivity index (χ1) is 14.5. The Hall–Kier alpha value is -2.65. The lowest BCUT2D eigenvalue weighted by Gasteiger charge is -2.17. The Labute approximate surface area is 175 Å². The van der Waals surface area contributed by atoms with E-state index in [1.807, 2.05) is 0 Å². The molecule has 0 spiro atoms. The first-order valence-electron chi connectivity index (χ1n) is 10.2. The Morgan fingerprint density at radius 2 is 2.03 bits per heavy atom. The molecule has 30 heavy (non-hydrogen) atoms. The van der Waals surface area contributed by atoms with Crippen LogP contribution in [-0.2, 0) is 19.0 Å². The number of aromatic amines is 1. The molecule has 0 radical (unpaired) electrons. The molecule has 2 atom stereocenters. The van der Waals surface area contributed by atoms with Gasteiger partial charge in [-0.25, -0.2) is 4.79 Å². The highest BCUT2D eigenvalue weighted by Crippen LogP contribution is 2.26. The van der Waals surface area contributed by atoms with Gasteiger partial charge < -0.3 is 19.5 Å². The number of unbranched alkanes of at least 4 members (excludes halogenated alkanes) is 4. The summed E-state index contributed by atoms with van der Waals surface area (Å²) < 4.78 is 17.3. The van der Waals surface area contributed by atoms with Gasteiger partial charge >= 0.3 is 5.69 Å². The number of aromatic nitrogens is 2. The normalized spacial score (nSPS) is 18.4. The van der Waals surface area contributed by atoms with E-state index in [1.54, 1.807) is 13.2 Å². The number of rotatable bonds is 12. The molecule has 166 valence electrons. The molecule has 1 amide bonds. The molecule has 2 rings (SSSR count). The van der Waals surface area contributed by atoms with E-state index >= 15 is 0 Å². The molecule has 0 aliphatic carbocycles. The van der Waals surface area contributed by atoms with Crippen LogP contribution in [0.4, 0.5) is 0 Å². The van der Waals surface area contributed by atoms with Gasteiger partial charge in [-0.3, -0.25) is 19.1 Å². The average molecular weight is 421 g/mol. The van der Waals surface area contributed by atoms with Gasteiger partial charge in [0.2, 0.25) is 5.91 Å². The molecule has 1 aromatic rings. The van der Waals surface area contributed by atoms with Crippen molar-refractivity contribution in [1.82, 2.24) is 14.9 Å². The lowest BCUT2D eigenvalue weighted by Crippen LogP contribution is -2.30. The number of nitrogens with zero attached hydrogens (tertiary/aromatic N) is 1. The topological polar surface area (TPSA) is 112 Å². The number of hydrogen-bond donors (Lipinski definition) is 2. The Balaban J connectivity index is 2.05. The van der Waals surface area contributed by atoms with E-state index in [-0.39, 0.29) is 24.2 Å². The number of hydrogen-bond acceptors (Lipinski definition) is 6. The number of nitrogens with one attached hydrogen (secondary N) is 2. The fraction of sp³-hybridized carbons (Fsp3) is 0.571. The monoisotopic (exact) mass is 421 g/mol. The van der Waals surface area contributed by atoms with Gasteiger partial charge in [0.05, 0.1) is 12.2 Å². The van der Waals surface area contributed by atoms with Crippen LogP contribution in [0.15, 0.2) is 27.9 Å². The highest BCUT2D eigenvalue weighted by molar-refractivity contribution is 5.90. The van der Waals surface area contributed by atoms with Gasteiger partial charge in [-0.15, -0.1) is 0 Å². The SMILES string of the molecule is CCCCCCCNC(=O)/C=C/n1cc(C2=CC(OC)C(COC)O2)c(=O)[nH]c1=O. The van der Waals surface area contributed by atoms with E-state index in [0.717, 1.165) is 23.8 Å². The summed E-state index contributed by atoms with van der Waals surface area (Å²) >= 11 is 0. The summed E-state index contributed by atoms with van der Waals surface area (Å²) in [6.45, 7) is 3.02. The summed E-state index contributed by atoms with van der Waals surface area (Å²) in [5, 5.41) is 2.78. The molecule has 2 unspecified atom stereocenters. The van der Waals surface area contributed by atoms with Crippen LogP contribution >= 0.6 is 0 Å². The highest BCUT2D eigenvalue weighted by atomic mass is 16.6. The maximum absolute atomic E-state index is 12.3. The minimum Gasteiger partial charge on any atom is -0.484 e. The Morgan fingerprint density at radius 1 is 1.27 bits per heavy atom. The molecule has 0 saturated carbocycles. The van der Waals surface area contributed by atoms with Gasteiger partial charge in [0, 0.05) is 39.2 Å². The summed E-state index contributed by atoms with van der Waals surface area (Å²) in [4.78, 5) is 38.6. The average Bonchev–Trinajstić information content (AvgIpc) is 3.13. The van der Waals surface area contributed by atoms with E-state index in [0.29, 0.717) is 12.3 Å². The molecular weight excluding hydrogens is 390 g/mol. The van der Waals surface area contributed by atoms with Crippen LogP contribution in [-0.4, -0.2) is 55.0 Å². The number of amides is 1. The minimum atomic E-state index is -0.650. The van der Waals surface area contributed by atoms with E-state index in [9.17, 15) is 14.4 Å². The zero-order valence-electron chi connectivity index (χ0n) is 17.8. The van der Waals surface area contributed by atoms with Crippen molar-refractivity contribution in [3.63, 3.8) is 0 Å². The molecule has 0 saturated heterocycles. The Morgan fingerprint density at radius 3 is 2.73 bits per heavy atom. The van der Waals surface area contributed by atoms with Crippen molar-refractivity contribution in [3.05, 3.63) is 44.8 Å². The smallest absolute Gasteiger partial charge is 0.332 e. The molecule has 0 aromatic carbocycles. The first-order valence-corrected chi connectivity index (χ1v) is 10.2. The Kier molecular flexibility index (Phi) is 9.56. The van der Waals surface area contributed by atoms with Crippen LogP contribution in [0.3, 0.4) is 0 Å². The molecule has 0 bridgehead atoms. The fourth-order valence-corrected chi connectivity index (χ4v) is 3.11. The fourth-order valence-electron chi connectivity index (χ4n) is 3.11. The third-order valence-corrected chi connectivity index (χ3v) is 4.76. The second kappa shape index (κ2) is 12.1. The number of H-pyrrole nitrogens is 1. The summed E-state index contributed by atoms with van der Waals surface area (Å²) in [6.07, 6.45) is 10.3. The summed E-state index contributed by atoms with van der Waals surface area (Å²) in [5.41, 5.74) is -1.07. The largest absolute Gasteiger partial charge is 0.484 e. The van der Waals surface area contributed by atoms with Crippen molar-refractivity contribution in [2.24, 2.45) is 0 Å². The zero-order chi connectivity index (χ0) is 21.9. The highest BCUT2D eigenvalue weighted by Gasteiger charge is 2.31. The molecular formula is C21H31N3O6. The van der Waals surface area contributed by atoms with E-state index in [1.165, 1.54) is 38.4 Å². The molecule has 2 N–H and O–H groups in total. The molecule has 0 fully saturated rings. The lowest BCUT2D eigenvalue weighted by atomic mass is 10.1. The molecule has 9 nitrogen and oxygen atoms in total. The standard InChI is InChI=1S/C21H31N3O6/c1-4-5-6-7-8-10-22-19(25)9-11-24-13-15(20(26)23-21(24)27)16-12-17(29-3)18(30-16)14-28-2/h9,11-13,17-18H,4-8,10,14H2,1-3H3,(H,22,25)(H,23,26,27)/b11-9+. The predicted octanol–water partition coefficient (Wildman–Crippen LogP) is 1.50. The van der Waals surface area contributed by atoms with Gasteiger partial charge in [-0.1, -0.05) is 32.6 Å². The number of carbonyl (C=O) groups excluding carboxylic acids is 1. The zero-order valence-corrected chi connectivity index (χ0v) is 17.8. The van der Waals surface area contributed by atoms with E-state index < -0.39 is 17.4 Å². The van der Waals surface area contributed by atoms with Crippen molar-refractivity contribution in [3.8, 4) is 0 Å². The van der Waals surface area contributed by atoms with Crippen molar-refractivity contribution in [2.75, 3.05) is 27.4 Å². The summed E-state index contributed by atoms with van der Waals surface area (Å²) in [5.74, 6) is -0.00934. The van der Waals surface area contributed by atoms with Gasteiger partial charge in [-0.2, -0.15) is 0 Å². The number of carbonyl (C=O) groups is 1. The molecule has 1 aromatic heterocycles. The second-order valence-electron chi connectivity index (χ2n) is 7.07. The van der Waals surface area contributed by atoms with Crippen LogP contribution in [0.1, 0.15) is 44.6 Å². The minimum absolute atomic E-state index is 0.163. The third-order valence-electron chi connectivity index (χ3n) is 4.76. The van der Waals surface area contributed by atoms with Crippen LogP contribution in [0, 0.1) is 0 Å². The first kappa shape index (κ1) is 23.6. The molecule has 1 aliphatic rings. The number of methoxy groups -OCH3 is 2. The van der Waals surface area contributed by atoms with Crippen LogP contribution in [0.5, 0.6) is 0 Å². The number of ether oxygens (including phenoxy) is 3. The van der Waals surface area contributed by atoms with Crippen LogP contribution < -0.4 is 16.6 Å². The van der Waals surface area contributed by atoms with Crippen LogP contribution in [0.25, 0.3) is 12.0 Å². The lowest BCUT2D eigenvalue weighted by molar-refractivity contribution is -0.116. The van der Waals surface area contributed by atoms with Crippen molar-refractivity contribution < 1.29 is 19.0 Å². The maximum Gasteiger partial charge on any atom is 0.332 e.